The first-order valence-corrected chi connectivity index (χ1v) is 7.19. The molecule has 0 spiro atoms. The number of benzene rings is 2. The number of hydrogen-bond donors (Lipinski definition) is 2. The van der Waals surface area contributed by atoms with E-state index in [4.69, 9.17) is 10.6 Å². The lowest BCUT2D eigenvalue weighted by Gasteiger charge is -2.07. The van der Waals surface area contributed by atoms with Crippen molar-refractivity contribution in [3.05, 3.63) is 59.4 Å². The maximum atomic E-state index is 13.8. The molecular weight excluding hydrogens is 291 g/mol. The number of hydrogen-bond acceptors (Lipinski definition) is 4. The molecule has 0 unspecified atom stereocenters. The Morgan fingerprint density at radius 1 is 1.33 bits per heavy atom. The molecule has 0 fully saturated rings. The van der Waals surface area contributed by atoms with Gasteiger partial charge in [-0.05, 0) is 42.0 Å². The Hall–Kier alpha value is -2.05. The molecule has 2 aromatic carbocycles. The number of nitrogen functional groups attached to an aromatic ring is 1. The summed E-state index contributed by atoms with van der Waals surface area (Å²) in [6, 6.07) is 11.7. The van der Waals surface area contributed by atoms with Gasteiger partial charge >= 0.3 is 0 Å². The van der Waals surface area contributed by atoms with Crippen LogP contribution in [0.5, 0.6) is 5.75 Å². The number of nitrogens with one attached hydrogen (secondary N) is 1. The van der Waals surface area contributed by atoms with Gasteiger partial charge < -0.3 is 4.74 Å². The number of rotatable bonds is 5. The highest BCUT2D eigenvalue weighted by Crippen LogP contribution is 2.27. The van der Waals surface area contributed by atoms with E-state index in [1.807, 2.05) is 29.7 Å². The summed E-state index contributed by atoms with van der Waals surface area (Å²) in [7, 11) is 1.60. The number of halogens is 1. The number of methoxy groups -OCH3 is 1. The number of carbonyl (C=O) groups excluding carboxylic acids is 1. The van der Waals surface area contributed by atoms with Gasteiger partial charge in [0.1, 0.15) is 11.6 Å². The lowest BCUT2D eigenvalue weighted by molar-refractivity contribution is 0.0953. The van der Waals surface area contributed by atoms with Crippen LogP contribution < -0.4 is 16.0 Å². The van der Waals surface area contributed by atoms with Gasteiger partial charge in [-0.25, -0.2) is 10.2 Å². The van der Waals surface area contributed by atoms with Gasteiger partial charge in [-0.1, -0.05) is 6.07 Å². The van der Waals surface area contributed by atoms with Crippen LogP contribution in [-0.4, -0.2) is 13.0 Å². The Kier molecular flexibility index (Phi) is 5.19. The summed E-state index contributed by atoms with van der Waals surface area (Å²) in [6.07, 6.45) is 0. The molecule has 21 heavy (non-hydrogen) atoms. The average Bonchev–Trinajstić information content (AvgIpc) is 2.53. The first-order valence-electron chi connectivity index (χ1n) is 6.20. The Morgan fingerprint density at radius 2 is 2.14 bits per heavy atom. The van der Waals surface area contributed by atoms with E-state index in [2.05, 4.69) is 0 Å². The van der Waals surface area contributed by atoms with Gasteiger partial charge in [-0.2, -0.15) is 0 Å². The highest BCUT2D eigenvalue weighted by Gasteiger charge is 2.09. The van der Waals surface area contributed by atoms with E-state index in [1.54, 1.807) is 7.11 Å². The van der Waals surface area contributed by atoms with Crippen LogP contribution in [0.1, 0.15) is 15.9 Å². The summed E-state index contributed by atoms with van der Waals surface area (Å²) in [5, 5.41) is 0. The molecule has 6 heteroatoms. The molecule has 0 saturated carbocycles. The topological polar surface area (TPSA) is 64.3 Å². The molecule has 0 atom stereocenters. The van der Waals surface area contributed by atoms with Gasteiger partial charge in [0.2, 0.25) is 0 Å². The van der Waals surface area contributed by atoms with Gasteiger partial charge in [0, 0.05) is 16.2 Å². The van der Waals surface area contributed by atoms with Crippen molar-refractivity contribution in [2.75, 3.05) is 7.11 Å². The molecule has 3 N–H and O–H groups in total. The predicted octanol–water partition coefficient (Wildman–Crippen LogP) is 2.73. The Bertz CT molecular complexity index is 649. The molecule has 0 bridgehead atoms. The first kappa shape index (κ1) is 15.3. The molecule has 110 valence electrons. The molecule has 0 aliphatic heterocycles. The zero-order chi connectivity index (χ0) is 15.2. The fourth-order valence-corrected chi connectivity index (χ4v) is 2.68. The predicted molar refractivity (Wildman–Crippen MR) is 80.6 cm³/mol. The maximum absolute atomic E-state index is 13.8. The first-order chi connectivity index (χ1) is 10.1. The van der Waals surface area contributed by atoms with Crippen LogP contribution >= 0.6 is 11.8 Å². The lowest BCUT2D eigenvalue weighted by atomic mass is 10.1. The fraction of sp³-hybridized carbons (Fsp3) is 0.133. The molecular formula is C15H15FN2O2S. The standard InChI is InChI=1S/C15H15FN2O2S/c1-20-12-3-2-4-13(8-12)21-9-11-7-10(15(19)18-17)5-6-14(11)16/h2-8H,9,17H2,1H3,(H,18,19). The van der Waals surface area contributed by atoms with Crippen molar-refractivity contribution in [3.8, 4) is 5.75 Å². The van der Waals surface area contributed by atoms with E-state index < -0.39 is 5.91 Å². The molecule has 0 radical (unpaired) electrons. The molecule has 2 rings (SSSR count). The van der Waals surface area contributed by atoms with E-state index in [9.17, 15) is 9.18 Å². The van der Waals surface area contributed by atoms with Crippen LogP contribution in [0, 0.1) is 5.82 Å². The number of hydrazine groups is 1. The molecule has 0 saturated heterocycles. The molecule has 0 heterocycles. The van der Waals surface area contributed by atoms with Crippen LogP contribution in [-0.2, 0) is 5.75 Å². The van der Waals surface area contributed by atoms with Gasteiger partial charge in [0.15, 0.2) is 0 Å². The quantitative estimate of drug-likeness (QED) is 0.386. The minimum atomic E-state index is -0.442. The van der Waals surface area contributed by atoms with Crippen molar-refractivity contribution in [2.45, 2.75) is 10.6 Å². The van der Waals surface area contributed by atoms with Gasteiger partial charge in [0.05, 0.1) is 7.11 Å². The number of ether oxygens (including phenoxy) is 1. The molecule has 0 aliphatic rings. The number of carbonyl (C=O) groups is 1. The smallest absolute Gasteiger partial charge is 0.265 e. The summed E-state index contributed by atoms with van der Waals surface area (Å²) in [5.41, 5.74) is 2.81. The summed E-state index contributed by atoms with van der Waals surface area (Å²) >= 11 is 1.46. The minimum Gasteiger partial charge on any atom is -0.497 e. The van der Waals surface area contributed by atoms with E-state index in [1.165, 1.54) is 30.0 Å². The van der Waals surface area contributed by atoms with Crippen LogP contribution in [0.4, 0.5) is 4.39 Å². The lowest BCUT2D eigenvalue weighted by Crippen LogP contribution is -2.30. The van der Waals surface area contributed by atoms with Crippen LogP contribution in [0.15, 0.2) is 47.4 Å². The van der Waals surface area contributed by atoms with Crippen molar-refractivity contribution < 1.29 is 13.9 Å². The largest absolute Gasteiger partial charge is 0.497 e. The highest BCUT2D eigenvalue weighted by atomic mass is 32.2. The molecule has 4 nitrogen and oxygen atoms in total. The zero-order valence-electron chi connectivity index (χ0n) is 11.4. The maximum Gasteiger partial charge on any atom is 0.265 e. The second kappa shape index (κ2) is 7.10. The van der Waals surface area contributed by atoms with Crippen molar-refractivity contribution >= 4 is 17.7 Å². The van der Waals surface area contributed by atoms with Crippen LogP contribution in [0.25, 0.3) is 0 Å². The van der Waals surface area contributed by atoms with Crippen LogP contribution in [0.3, 0.4) is 0 Å². The monoisotopic (exact) mass is 306 g/mol. The SMILES string of the molecule is COc1cccc(SCc2cc(C(=O)NN)ccc2F)c1. The summed E-state index contributed by atoms with van der Waals surface area (Å²) in [6.45, 7) is 0. The van der Waals surface area contributed by atoms with Crippen molar-refractivity contribution in [1.82, 2.24) is 5.43 Å². The van der Waals surface area contributed by atoms with E-state index >= 15 is 0 Å². The highest BCUT2D eigenvalue weighted by molar-refractivity contribution is 7.98. The normalized spacial score (nSPS) is 10.2. The molecule has 1 amide bonds. The van der Waals surface area contributed by atoms with Crippen LogP contribution in [0.2, 0.25) is 0 Å². The summed E-state index contributed by atoms with van der Waals surface area (Å²) in [4.78, 5) is 12.4. The van der Waals surface area contributed by atoms with E-state index in [0.717, 1.165) is 10.6 Å². The zero-order valence-corrected chi connectivity index (χ0v) is 12.2. The average molecular weight is 306 g/mol. The summed E-state index contributed by atoms with van der Waals surface area (Å²) in [5.74, 6) is 5.44. The third kappa shape index (κ3) is 3.96. The Balaban J connectivity index is 2.13. The van der Waals surface area contributed by atoms with Crippen molar-refractivity contribution in [2.24, 2.45) is 5.84 Å². The second-order valence-corrected chi connectivity index (χ2v) is 5.30. The molecule has 0 aromatic heterocycles. The third-order valence-corrected chi connectivity index (χ3v) is 3.92. The number of amides is 1. The fourth-order valence-electron chi connectivity index (χ4n) is 1.76. The summed E-state index contributed by atoms with van der Waals surface area (Å²) < 4.78 is 18.9. The van der Waals surface area contributed by atoms with E-state index in [-0.39, 0.29) is 5.82 Å². The van der Waals surface area contributed by atoms with Gasteiger partial charge in [0.25, 0.3) is 5.91 Å². The minimum absolute atomic E-state index is 0.333. The molecule has 0 aliphatic carbocycles. The Labute approximate surface area is 126 Å². The third-order valence-electron chi connectivity index (χ3n) is 2.87. The second-order valence-electron chi connectivity index (χ2n) is 4.25. The molecule has 2 aromatic rings. The van der Waals surface area contributed by atoms with Crippen molar-refractivity contribution in [3.63, 3.8) is 0 Å². The van der Waals surface area contributed by atoms with Gasteiger partial charge in [-0.3, -0.25) is 10.2 Å². The van der Waals surface area contributed by atoms with Gasteiger partial charge in [-0.15, -0.1) is 11.8 Å². The Morgan fingerprint density at radius 3 is 2.86 bits per heavy atom. The van der Waals surface area contributed by atoms with E-state index in [0.29, 0.717) is 16.9 Å². The number of thioether (sulfide) groups is 1. The number of nitrogens with two attached hydrogens (primary N) is 1. The van der Waals surface area contributed by atoms with Crippen molar-refractivity contribution in [1.29, 1.82) is 0 Å².